The molecule has 10 heavy (non-hydrogen) atoms. The fourth-order valence-corrected chi connectivity index (χ4v) is 0.984. The average Bonchev–Trinajstić information content (AvgIpc) is 2.36. The van der Waals surface area contributed by atoms with E-state index in [-0.39, 0.29) is 0 Å². The summed E-state index contributed by atoms with van der Waals surface area (Å²) in [7, 11) is 0. The molecule has 0 aliphatic heterocycles. The Morgan fingerprint density at radius 1 is 1.40 bits per heavy atom. The van der Waals surface area contributed by atoms with Gasteiger partial charge < -0.3 is 0 Å². The Hall–Kier alpha value is -1.38. The van der Waals surface area contributed by atoms with Gasteiger partial charge in [-0.15, -0.1) is 0 Å². The van der Waals surface area contributed by atoms with Crippen molar-refractivity contribution in [2.24, 2.45) is 0 Å². The highest BCUT2D eigenvalue weighted by atomic mass is 15.1. The molecule has 0 atom stereocenters. The number of aryl methyl sites for hydroxylation is 1. The molecule has 0 fully saturated rings. The maximum Gasteiger partial charge on any atom is 0.139 e. The third kappa shape index (κ3) is 0.603. The molecular weight excluding hydrogens is 126 g/mol. The van der Waals surface area contributed by atoms with Gasteiger partial charge >= 0.3 is 0 Å². The van der Waals surface area contributed by atoms with Crippen LogP contribution in [0.1, 0.15) is 5.82 Å². The van der Waals surface area contributed by atoms with E-state index in [9.17, 15) is 0 Å². The van der Waals surface area contributed by atoms with Crippen molar-refractivity contribution in [2.45, 2.75) is 6.92 Å². The molecule has 0 N–H and O–H groups in total. The summed E-state index contributed by atoms with van der Waals surface area (Å²) in [5.41, 5.74) is 0.951. The first kappa shape index (κ1) is 5.41. The number of nitrogens with zero attached hydrogens (tertiary/aromatic N) is 3. The monoisotopic (exact) mass is 133 g/mol. The first-order valence-electron chi connectivity index (χ1n) is 3.12. The van der Waals surface area contributed by atoms with Crippen LogP contribution in [0, 0.1) is 6.92 Å². The molecule has 0 unspecified atom stereocenters. The molecule has 0 aromatic carbocycles. The molecule has 0 bridgehead atoms. The van der Waals surface area contributed by atoms with Gasteiger partial charge in [-0.3, -0.25) is 4.40 Å². The molecule has 3 nitrogen and oxygen atoms in total. The number of aromatic nitrogens is 3. The predicted octanol–water partition coefficient (Wildman–Crippen LogP) is 1.04. The average molecular weight is 133 g/mol. The molecule has 0 saturated heterocycles. The lowest BCUT2D eigenvalue weighted by Gasteiger charge is -1.95. The van der Waals surface area contributed by atoms with Crippen LogP contribution in [-0.4, -0.2) is 14.4 Å². The standard InChI is InChI=1S/C7H7N3/c1-6-8-5-9-7-3-2-4-10(6)7/h2-5H,1H3. The van der Waals surface area contributed by atoms with Crippen LogP contribution in [0.3, 0.4) is 0 Å². The lowest BCUT2D eigenvalue weighted by molar-refractivity contribution is 0.946. The summed E-state index contributed by atoms with van der Waals surface area (Å²) in [6.45, 7) is 1.95. The van der Waals surface area contributed by atoms with E-state index >= 15 is 0 Å². The molecule has 2 aromatic rings. The van der Waals surface area contributed by atoms with E-state index in [1.807, 2.05) is 29.7 Å². The van der Waals surface area contributed by atoms with Crippen molar-refractivity contribution in [3.63, 3.8) is 0 Å². The van der Waals surface area contributed by atoms with Crippen molar-refractivity contribution in [1.82, 2.24) is 14.4 Å². The van der Waals surface area contributed by atoms with Crippen molar-refractivity contribution in [3.05, 3.63) is 30.5 Å². The zero-order valence-electron chi connectivity index (χ0n) is 5.65. The van der Waals surface area contributed by atoms with Crippen LogP contribution in [0.25, 0.3) is 5.65 Å². The van der Waals surface area contributed by atoms with Crippen LogP contribution >= 0.6 is 0 Å². The number of hydrogen-bond acceptors (Lipinski definition) is 2. The lowest BCUT2D eigenvalue weighted by Crippen LogP contribution is -1.93. The van der Waals surface area contributed by atoms with Gasteiger partial charge in [0.05, 0.1) is 0 Å². The minimum absolute atomic E-state index is 0.951. The van der Waals surface area contributed by atoms with Crippen LogP contribution in [0.5, 0.6) is 0 Å². The van der Waals surface area contributed by atoms with Gasteiger partial charge in [0.2, 0.25) is 0 Å². The highest BCUT2D eigenvalue weighted by Gasteiger charge is 1.93. The quantitative estimate of drug-likeness (QED) is 0.537. The van der Waals surface area contributed by atoms with E-state index in [1.54, 1.807) is 6.33 Å². The lowest BCUT2D eigenvalue weighted by atomic mass is 10.6. The molecule has 0 aliphatic carbocycles. The highest BCUT2D eigenvalue weighted by Crippen LogP contribution is 2.00. The Balaban J connectivity index is 2.95. The number of rotatable bonds is 0. The van der Waals surface area contributed by atoms with Crippen molar-refractivity contribution >= 4 is 5.65 Å². The third-order valence-electron chi connectivity index (χ3n) is 1.51. The van der Waals surface area contributed by atoms with Gasteiger partial charge in [-0.1, -0.05) is 0 Å². The highest BCUT2D eigenvalue weighted by molar-refractivity contribution is 5.37. The maximum atomic E-state index is 4.05. The summed E-state index contributed by atoms with van der Waals surface area (Å²) in [6, 6.07) is 3.91. The smallest absolute Gasteiger partial charge is 0.139 e. The van der Waals surface area contributed by atoms with Crippen LogP contribution in [0.2, 0.25) is 0 Å². The fourth-order valence-electron chi connectivity index (χ4n) is 0.984. The molecule has 2 rings (SSSR count). The van der Waals surface area contributed by atoms with Crippen molar-refractivity contribution in [3.8, 4) is 0 Å². The van der Waals surface area contributed by atoms with E-state index in [2.05, 4.69) is 9.97 Å². The number of fused-ring (bicyclic) bond motifs is 1. The summed E-state index contributed by atoms with van der Waals surface area (Å²) in [5.74, 6) is 0.968. The minimum Gasteiger partial charge on any atom is -0.290 e. The molecule has 50 valence electrons. The molecule has 0 amide bonds. The predicted molar refractivity (Wildman–Crippen MR) is 37.7 cm³/mol. The summed E-state index contributed by atoms with van der Waals surface area (Å²) < 4.78 is 1.94. The van der Waals surface area contributed by atoms with Crippen LogP contribution in [0.15, 0.2) is 24.7 Å². The second-order valence-corrected chi connectivity index (χ2v) is 2.16. The second kappa shape index (κ2) is 1.80. The van der Waals surface area contributed by atoms with Gasteiger partial charge in [-0.25, -0.2) is 9.97 Å². The normalized spacial score (nSPS) is 10.5. The van der Waals surface area contributed by atoms with E-state index in [0.717, 1.165) is 11.5 Å². The van der Waals surface area contributed by atoms with Crippen LogP contribution in [0.4, 0.5) is 0 Å². The van der Waals surface area contributed by atoms with Gasteiger partial charge in [0.15, 0.2) is 0 Å². The van der Waals surface area contributed by atoms with E-state index in [4.69, 9.17) is 0 Å². The van der Waals surface area contributed by atoms with E-state index < -0.39 is 0 Å². The molecule has 0 aliphatic rings. The zero-order valence-corrected chi connectivity index (χ0v) is 5.65. The first-order chi connectivity index (χ1) is 4.88. The number of hydrogen-bond donors (Lipinski definition) is 0. The Kier molecular flexibility index (Phi) is 0.974. The third-order valence-corrected chi connectivity index (χ3v) is 1.51. The molecule has 2 heterocycles. The van der Waals surface area contributed by atoms with Crippen molar-refractivity contribution in [1.29, 1.82) is 0 Å². The van der Waals surface area contributed by atoms with Gasteiger partial charge in [0.25, 0.3) is 0 Å². The molecule has 3 heteroatoms. The van der Waals surface area contributed by atoms with Crippen molar-refractivity contribution < 1.29 is 0 Å². The summed E-state index contributed by atoms with van der Waals surface area (Å²) in [5, 5.41) is 0. The molecule has 2 aromatic heterocycles. The van der Waals surface area contributed by atoms with Gasteiger partial charge in [0, 0.05) is 6.20 Å². The zero-order chi connectivity index (χ0) is 6.97. The first-order valence-corrected chi connectivity index (χ1v) is 3.12. The minimum atomic E-state index is 0.951. The second-order valence-electron chi connectivity index (χ2n) is 2.16. The molecule has 0 spiro atoms. The van der Waals surface area contributed by atoms with Gasteiger partial charge in [-0.05, 0) is 19.1 Å². The fraction of sp³-hybridized carbons (Fsp3) is 0.143. The molecular formula is C7H7N3. The maximum absolute atomic E-state index is 4.05. The Labute approximate surface area is 58.4 Å². The summed E-state index contributed by atoms with van der Waals surface area (Å²) >= 11 is 0. The Bertz CT molecular complexity index is 350. The summed E-state index contributed by atoms with van der Waals surface area (Å²) in [6.07, 6.45) is 3.52. The van der Waals surface area contributed by atoms with Gasteiger partial charge in [0.1, 0.15) is 17.8 Å². The van der Waals surface area contributed by atoms with Crippen molar-refractivity contribution in [2.75, 3.05) is 0 Å². The Morgan fingerprint density at radius 2 is 2.30 bits per heavy atom. The SMILES string of the molecule is Cc1ncnc2cccn12. The van der Waals surface area contributed by atoms with E-state index in [0.29, 0.717) is 0 Å². The molecule has 0 radical (unpaired) electrons. The summed E-state index contributed by atoms with van der Waals surface area (Å²) in [4.78, 5) is 8.09. The van der Waals surface area contributed by atoms with Gasteiger partial charge in [-0.2, -0.15) is 0 Å². The molecule has 0 saturated carbocycles. The Morgan fingerprint density at radius 3 is 3.10 bits per heavy atom. The topological polar surface area (TPSA) is 30.2 Å². The van der Waals surface area contributed by atoms with E-state index in [1.165, 1.54) is 0 Å². The van der Waals surface area contributed by atoms with Crippen LogP contribution < -0.4 is 0 Å². The largest absolute Gasteiger partial charge is 0.290 e. The van der Waals surface area contributed by atoms with Crippen LogP contribution in [-0.2, 0) is 0 Å².